The number of halogens is 3. The number of guanidine groups is 2. The quantitative estimate of drug-likeness (QED) is 0.164. The van der Waals surface area contributed by atoms with Crippen LogP contribution in [0.1, 0.15) is 34.6 Å². The Morgan fingerprint density at radius 2 is 1.64 bits per heavy atom. The highest BCUT2D eigenvalue weighted by molar-refractivity contribution is 7.85. The molecular formula is C31H39Cl3N6O8SSi. The van der Waals surface area contributed by atoms with Crippen molar-refractivity contribution in [3.8, 4) is 0 Å². The topological polar surface area (TPSA) is 180 Å². The number of amides is 1. The maximum atomic E-state index is 13.1. The Hall–Kier alpha value is -2.96. The van der Waals surface area contributed by atoms with Crippen LogP contribution in [-0.4, -0.2) is 104 Å². The lowest BCUT2D eigenvalue weighted by atomic mass is 9.88. The summed E-state index contributed by atoms with van der Waals surface area (Å²) in [7, 11) is -7.53. The molecule has 0 saturated carbocycles. The van der Waals surface area contributed by atoms with Crippen molar-refractivity contribution < 1.29 is 36.5 Å². The molecule has 1 fully saturated rings. The molecule has 0 aliphatic carbocycles. The fourth-order valence-electron chi connectivity index (χ4n) is 6.86. The predicted molar refractivity (Wildman–Crippen MR) is 192 cm³/mol. The van der Waals surface area contributed by atoms with Crippen LogP contribution in [0.15, 0.2) is 70.6 Å². The fraction of sp³-hybridized carbons (Fsp3) is 0.484. The molecule has 14 nitrogen and oxygen atoms in total. The molecule has 50 heavy (non-hydrogen) atoms. The third-order valence-electron chi connectivity index (χ3n) is 8.74. The van der Waals surface area contributed by atoms with Gasteiger partial charge in [-0.2, -0.15) is 8.42 Å². The lowest BCUT2D eigenvalue weighted by Crippen LogP contribution is -2.74. The first kappa shape index (κ1) is 38.3. The number of alkyl halides is 3. The molecule has 3 aliphatic heterocycles. The number of nitrogens with zero attached hydrogens (tertiary/aromatic N) is 3. The highest BCUT2D eigenvalue weighted by atomic mass is 35.6. The van der Waals surface area contributed by atoms with E-state index >= 15 is 0 Å². The van der Waals surface area contributed by atoms with Gasteiger partial charge in [0.2, 0.25) is 11.9 Å². The second kappa shape index (κ2) is 14.2. The van der Waals surface area contributed by atoms with E-state index in [9.17, 15) is 23.1 Å². The van der Waals surface area contributed by atoms with Crippen LogP contribution in [0.4, 0.5) is 0 Å². The van der Waals surface area contributed by atoms with Crippen LogP contribution >= 0.6 is 34.8 Å². The Morgan fingerprint density at radius 3 is 2.14 bits per heavy atom. The lowest BCUT2D eigenvalue weighted by Gasteiger charge is -2.48. The van der Waals surface area contributed by atoms with Gasteiger partial charge >= 0.3 is 16.3 Å². The molecule has 0 bridgehead atoms. The molecule has 3 aliphatic rings. The predicted octanol–water partition coefficient (Wildman–Crippen LogP) is 1.29. The zero-order chi connectivity index (χ0) is 36.7. The van der Waals surface area contributed by atoms with Crippen molar-refractivity contribution in [1.82, 2.24) is 20.3 Å². The van der Waals surface area contributed by atoms with Crippen LogP contribution in [0.3, 0.4) is 0 Å². The Bertz CT molecular complexity index is 1720. The fourth-order valence-corrected chi connectivity index (χ4v) is 12.3. The van der Waals surface area contributed by atoms with E-state index < -0.39 is 69.3 Å². The van der Waals surface area contributed by atoms with Gasteiger partial charge in [-0.15, -0.1) is 0 Å². The molecule has 0 aromatic heterocycles. The van der Waals surface area contributed by atoms with E-state index in [0.29, 0.717) is 0 Å². The van der Waals surface area contributed by atoms with E-state index in [1.165, 1.54) is 18.7 Å². The van der Waals surface area contributed by atoms with Gasteiger partial charge in [-0.25, -0.2) is 14.7 Å². The largest absolute Gasteiger partial charge is 0.458 e. The monoisotopic (exact) mass is 788 g/mol. The number of hydrogen-bond donors (Lipinski definition) is 4. The van der Waals surface area contributed by atoms with Gasteiger partial charge in [-0.3, -0.25) is 19.1 Å². The Balaban J connectivity index is 1.66. The van der Waals surface area contributed by atoms with Gasteiger partial charge in [0.25, 0.3) is 18.0 Å². The first-order valence-corrected chi connectivity index (χ1v) is 20.2. The highest BCUT2D eigenvalue weighted by Gasteiger charge is 2.67. The van der Waals surface area contributed by atoms with E-state index in [-0.39, 0.29) is 31.7 Å². The highest BCUT2D eigenvalue weighted by Crippen LogP contribution is 2.43. The maximum Gasteiger partial charge on any atom is 0.362 e. The van der Waals surface area contributed by atoms with Crippen molar-refractivity contribution in [1.29, 1.82) is 0 Å². The van der Waals surface area contributed by atoms with Crippen LogP contribution in [0.5, 0.6) is 0 Å². The molecule has 0 radical (unpaired) electrons. The molecular weight excluding hydrogens is 751 g/mol. The molecule has 5 atom stereocenters. The average Bonchev–Trinajstić information content (AvgIpc) is 3.53. The summed E-state index contributed by atoms with van der Waals surface area (Å²) in [6.45, 7) is 8.48. The second-order valence-corrected chi connectivity index (χ2v) is 20.9. The Kier molecular flexibility index (Phi) is 10.9. The summed E-state index contributed by atoms with van der Waals surface area (Å²) in [6.07, 6.45) is -2.72. The number of carbonyl (C=O) groups is 2. The van der Waals surface area contributed by atoms with Gasteiger partial charge in [-0.1, -0.05) is 116 Å². The van der Waals surface area contributed by atoms with Gasteiger partial charge in [0.15, 0.2) is 5.66 Å². The van der Waals surface area contributed by atoms with E-state index in [1.807, 2.05) is 60.7 Å². The molecule has 2 aromatic rings. The molecule has 272 valence electrons. The number of nitrogens with one attached hydrogen (secondary N) is 3. The zero-order valence-electron chi connectivity index (χ0n) is 27.9. The van der Waals surface area contributed by atoms with Gasteiger partial charge < -0.3 is 24.5 Å². The van der Waals surface area contributed by atoms with Crippen molar-refractivity contribution in [3.63, 3.8) is 0 Å². The van der Waals surface area contributed by atoms with E-state index in [1.54, 1.807) is 0 Å². The summed E-state index contributed by atoms with van der Waals surface area (Å²) in [5, 5.41) is 19.0. The number of ether oxygens (including phenoxy) is 1. The van der Waals surface area contributed by atoms with E-state index in [2.05, 4.69) is 41.1 Å². The number of aliphatic hydroxyl groups is 1. The van der Waals surface area contributed by atoms with Gasteiger partial charge in [0, 0.05) is 6.92 Å². The summed E-state index contributed by atoms with van der Waals surface area (Å²) < 4.78 is 42.8. The number of aliphatic imine (C=N–C) groups is 2. The van der Waals surface area contributed by atoms with Crippen LogP contribution in [0.25, 0.3) is 0 Å². The van der Waals surface area contributed by atoms with Crippen molar-refractivity contribution in [3.05, 3.63) is 60.7 Å². The molecule has 19 heteroatoms. The van der Waals surface area contributed by atoms with Crippen molar-refractivity contribution in [2.24, 2.45) is 9.98 Å². The molecule has 1 spiro atoms. The van der Waals surface area contributed by atoms with Crippen molar-refractivity contribution in [2.45, 2.75) is 73.4 Å². The molecule has 1 saturated heterocycles. The number of benzene rings is 2. The molecule has 5 rings (SSSR count). The first-order valence-electron chi connectivity index (χ1n) is 15.7. The summed E-state index contributed by atoms with van der Waals surface area (Å²) >= 11 is 17.8. The average molecular weight is 790 g/mol. The summed E-state index contributed by atoms with van der Waals surface area (Å²) in [4.78, 5) is 36.1. The lowest BCUT2D eigenvalue weighted by molar-refractivity contribution is -0.151. The van der Waals surface area contributed by atoms with Crippen LogP contribution < -0.4 is 25.7 Å². The van der Waals surface area contributed by atoms with Crippen LogP contribution in [0.2, 0.25) is 5.04 Å². The van der Waals surface area contributed by atoms with E-state index in [0.717, 1.165) is 10.4 Å². The second-order valence-electron chi connectivity index (χ2n) is 13.0. The third kappa shape index (κ3) is 7.21. The van der Waals surface area contributed by atoms with Gasteiger partial charge in [0.05, 0.1) is 19.8 Å². The number of carbonyl (C=O) groups excluding carboxylic acids is 2. The summed E-state index contributed by atoms with van der Waals surface area (Å²) in [6, 6.07) is 17.6. The summed E-state index contributed by atoms with van der Waals surface area (Å²) in [5.74, 6) is -2.17. The number of hydrogen-bond acceptors (Lipinski definition) is 12. The van der Waals surface area contributed by atoms with Crippen LogP contribution in [-0.2, 0) is 33.2 Å². The van der Waals surface area contributed by atoms with E-state index in [4.69, 9.17) is 53.1 Å². The molecule has 4 N–H and O–H groups in total. The standard InChI is InChI=1S/C31H39Cl3N6O8SSi/c1-6-46-49(44,45)39-27-36-24-22(18-47-50(29(3,4)5,20-13-9-7-10-14-20)21-15-11-8-12-16-21)35-28(37-26(43)31(32,33)34)40-17-23(48-19(2)41)25(42)30(24,40)38-27/h7-16,22-25,42H,6,17-18H2,1-5H3,(H,35,37,43)(H2,36,38,39)/t22-,23-,24?,25-,30?/m0/s1. The molecule has 3 heterocycles. The van der Waals surface area contributed by atoms with Crippen molar-refractivity contribution in [2.75, 3.05) is 19.8 Å². The third-order valence-corrected chi connectivity index (χ3v) is 15.2. The minimum atomic E-state index is -4.35. The Labute approximate surface area is 306 Å². The minimum absolute atomic E-state index is 0.123. The number of aliphatic hydroxyl groups excluding tert-OH is 1. The molecule has 2 unspecified atom stereocenters. The zero-order valence-corrected chi connectivity index (χ0v) is 32.0. The SMILES string of the molecule is CCOS(=O)(=O)NC1=NC2[C@H](CO[Si](c3ccccc3)(c3ccccc3)C(C)(C)C)N=C(NC(=O)C(Cl)(Cl)Cl)N3C[C@H](OC(C)=O)[C@H](O)C23N1. The normalized spacial score (nSPS) is 25.1. The number of rotatable bonds is 9. The van der Waals surface area contributed by atoms with Gasteiger partial charge in [-0.05, 0) is 22.3 Å². The maximum absolute atomic E-state index is 13.1. The Morgan fingerprint density at radius 1 is 1.06 bits per heavy atom. The minimum Gasteiger partial charge on any atom is -0.458 e. The number of esters is 1. The van der Waals surface area contributed by atoms with Crippen LogP contribution in [0, 0.1) is 0 Å². The molecule has 1 amide bonds. The molecule has 2 aromatic carbocycles. The smallest absolute Gasteiger partial charge is 0.362 e. The van der Waals surface area contributed by atoms with Gasteiger partial charge in [0.1, 0.15) is 24.3 Å². The van der Waals surface area contributed by atoms with Crippen molar-refractivity contribution >= 4 is 87.6 Å². The summed E-state index contributed by atoms with van der Waals surface area (Å²) in [5.41, 5.74) is -1.73. The first-order chi connectivity index (χ1) is 23.4.